The van der Waals surface area contributed by atoms with Gasteiger partial charge in [0.15, 0.2) is 0 Å². The summed E-state index contributed by atoms with van der Waals surface area (Å²) in [5.41, 5.74) is 0.263. The number of aromatic amines is 1. The monoisotopic (exact) mass is 296 g/mol. The Labute approximate surface area is 119 Å². The molecule has 0 saturated carbocycles. The highest BCUT2D eigenvalue weighted by atomic mass is 35.5. The maximum absolute atomic E-state index is 9.02. The van der Waals surface area contributed by atoms with Gasteiger partial charge >= 0.3 is 0 Å². The summed E-state index contributed by atoms with van der Waals surface area (Å²) in [7, 11) is 0. The van der Waals surface area contributed by atoms with Gasteiger partial charge in [0.25, 0.3) is 0 Å². The van der Waals surface area contributed by atoms with E-state index in [9.17, 15) is 0 Å². The third-order valence-corrected chi connectivity index (χ3v) is 3.00. The van der Waals surface area contributed by atoms with Crippen LogP contribution in [0.3, 0.4) is 0 Å². The third-order valence-electron chi connectivity index (χ3n) is 2.15. The van der Waals surface area contributed by atoms with Gasteiger partial charge in [0, 0.05) is 11.2 Å². The van der Waals surface area contributed by atoms with Crippen molar-refractivity contribution >= 4 is 35.4 Å². The van der Waals surface area contributed by atoms with Crippen LogP contribution in [0, 0.1) is 16.0 Å². The van der Waals surface area contributed by atoms with Gasteiger partial charge in [-0.15, -0.1) is 0 Å². The van der Waals surface area contributed by atoms with Gasteiger partial charge in [0.05, 0.1) is 5.02 Å². The standard InChI is InChI=1S/C12H6Cl2N2OS/c13-7-1-2-11(9(14)5-7)17-10-3-4-16-12(18)8(10)6-15/h1-5H,(H,16,18). The maximum atomic E-state index is 9.02. The molecule has 1 heterocycles. The van der Waals surface area contributed by atoms with Gasteiger partial charge < -0.3 is 9.72 Å². The van der Waals surface area contributed by atoms with E-state index < -0.39 is 0 Å². The van der Waals surface area contributed by atoms with E-state index in [-0.39, 0.29) is 5.56 Å². The minimum Gasteiger partial charge on any atom is -0.454 e. The van der Waals surface area contributed by atoms with E-state index in [1.54, 1.807) is 30.5 Å². The Bertz CT molecular complexity index is 691. The first kappa shape index (κ1) is 12.9. The molecule has 0 atom stereocenters. The summed E-state index contributed by atoms with van der Waals surface area (Å²) < 4.78 is 5.89. The fourth-order valence-corrected chi connectivity index (χ4v) is 1.99. The summed E-state index contributed by atoms with van der Waals surface area (Å²) in [4.78, 5) is 2.76. The lowest BCUT2D eigenvalue weighted by atomic mass is 10.3. The second-order valence-corrected chi connectivity index (χ2v) is 4.59. The molecule has 0 saturated heterocycles. The number of benzene rings is 1. The Balaban J connectivity index is 2.44. The highest BCUT2D eigenvalue weighted by molar-refractivity contribution is 7.71. The van der Waals surface area contributed by atoms with Crippen molar-refractivity contribution < 1.29 is 4.74 Å². The van der Waals surface area contributed by atoms with Gasteiger partial charge in [-0.05, 0) is 24.3 Å². The minimum atomic E-state index is 0.263. The number of halogens is 2. The summed E-state index contributed by atoms with van der Waals surface area (Å²) in [5.74, 6) is 0.767. The number of nitriles is 1. The molecule has 1 aromatic carbocycles. The highest BCUT2D eigenvalue weighted by Gasteiger charge is 2.09. The first-order valence-electron chi connectivity index (χ1n) is 4.86. The molecule has 0 unspecified atom stereocenters. The Hall–Kier alpha value is -1.54. The zero-order chi connectivity index (χ0) is 13.1. The van der Waals surface area contributed by atoms with Gasteiger partial charge in [-0.1, -0.05) is 35.4 Å². The fraction of sp³-hybridized carbons (Fsp3) is 0. The number of aromatic nitrogens is 1. The molecule has 0 amide bonds. The van der Waals surface area contributed by atoms with Crippen LogP contribution in [0.2, 0.25) is 10.0 Å². The number of nitrogens with one attached hydrogen (secondary N) is 1. The molecule has 90 valence electrons. The van der Waals surface area contributed by atoms with E-state index in [2.05, 4.69) is 4.98 Å². The molecule has 0 spiro atoms. The Morgan fingerprint density at radius 2 is 2.00 bits per heavy atom. The predicted molar refractivity (Wildman–Crippen MR) is 72.9 cm³/mol. The number of nitrogens with zero attached hydrogens (tertiary/aromatic N) is 1. The van der Waals surface area contributed by atoms with Crippen LogP contribution in [0.25, 0.3) is 0 Å². The molecule has 0 aliphatic carbocycles. The van der Waals surface area contributed by atoms with Crippen LogP contribution in [0.5, 0.6) is 11.5 Å². The molecular formula is C12H6Cl2N2OS. The molecule has 1 N–H and O–H groups in total. The number of hydrogen-bond donors (Lipinski definition) is 1. The molecule has 0 radical (unpaired) electrons. The molecule has 6 heteroatoms. The lowest BCUT2D eigenvalue weighted by Crippen LogP contribution is -1.91. The topological polar surface area (TPSA) is 48.8 Å². The first-order valence-corrected chi connectivity index (χ1v) is 6.03. The normalized spacial score (nSPS) is 9.83. The summed E-state index contributed by atoms with van der Waals surface area (Å²) >= 11 is 16.8. The average molecular weight is 297 g/mol. The minimum absolute atomic E-state index is 0.263. The quantitative estimate of drug-likeness (QED) is 0.816. The number of rotatable bonds is 2. The average Bonchev–Trinajstić information content (AvgIpc) is 2.33. The van der Waals surface area contributed by atoms with E-state index in [1.807, 2.05) is 6.07 Å². The number of hydrogen-bond acceptors (Lipinski definition) is 3. The van der Waals surface area contributed by atoms with Crippen molar-refractivity contribution in [3.63, 3.8) is 0 Å². The van der Waals surface area contributed by atoms with Crippen LogP contribution >= 0.6 is 35.4 Å². The van der Waals surface area contributed by atoms with Crippen LogP contribution in [0.4, 0.5) is 0 Å². The molecule has 0 aliphatic heterocycles. The second-order valence-electron chi connectivity index (χ2n) is 3.33. The van der Waals surface area contributed by atoms with Crippen molar-refractivity contribution in [1.82, 2.24) is 4.98 Å². The third kappa shape index (κ3) is 2.65. The zero-order valence-electron chi connectivity index (χ0n) is 8.91. The summed E-state index contributed by atoms with van der Waals surface area (Å²) in [5, 5.41) is 9.90. The van der Waals surface area contributed by atoms with Crippen LogP contribution in [-0.4, -0.2) is 4.98 Å². The zero-order valence-corrected chi connectivity index (χ0v) is 11.2. The van der Waals surface area contributed by atoms with E-state index in [0.717, 1.165) is 0 Å². The molecular weight excluding hydrogens is 291 g/mol. The van der Waals surface area contributed by atoms with Crippen molar-refractivity contribution in [3.05, 3.63) is 50.7 Å². The lowest BCUT2D eigenvalue weighted by molar-refractivity contribution is 0.480. The molecule has 2 aromatic rings. The molecule has 0 bridgehead atoms. The van der Waals surface area contributed by atoms with Crippen LogP contribution in [0.15, 0.2) is 30.5 Å². The van der Waals surface area contributed by atoms with Gasteiger partial charge in [-0.3, -0.25) is 0 Å². The Kier molecular flexibility index (Phi) is 3.87. The lowest BCUT2D eigenvalue weighted by Gasteiger charge is -2.08. The molecule has 3 nitrogen and oxygen atoms in total. The van der Waals surface area contributed by atoms with E-state index in [0.29, 0.717) is 26.2 Å². The van der Waals surface area contributed by atoms with Crippen molar-refractivity contribution in [2.24, 2.45) is 0 Å². The maximum Gasteiger partial charge on any atom is 0.149 e. The largest absolute Gasteiger partial charge is 0.454 e. The SMILES string of the molecule is N#Cc1c(Oc2ccc(Cl)cc2Cl)cc[nH]c1=S. The van der Waals surface area contributed by atoms with E-state index in [1.165, 1.54) is 0 Å². The second kappa shape index (κ2) is 5.40. The van der Waals surface area contributed by atoms with E-state index >= 15 is 0 Å². The molecule has 18 heavy (non-hydrogen) atoms. The van der Waals surface area contributed by atoms with Crippen LogP contribution in [-0.2, 0) is 0 Å². The van der Waals surface area contributed by atoms with Crippen molar-refractivity contribution in [1.29, 1.82) is 5.26 Å². The smallest absolute Gasteiger partial charge is 0.149 e. The summed E-state index contributed by atoms with van der Waals surface area (Å²) in [6.45, 7) is 0. The van der Waals surface area contributed by atoms with Crippen LogP contribution < -0.4 is 4.74 Å². The van der Waals surface area contributed by atoms with Gasteiger partial charge in [-0.2, -0.15) is 5.26 Å². The highest BCUT2D eigenvalue weighted by Crippen LogP contribution is 2.32. The molecule has 1 aromatic heterocycles. The van der Waals surface area contributed by atoms with Gasteiger partial charge in [-0.25, -0.2) is 0 Å². The summed E-state index contributed by atoms with van der Waals surface area (Å²) in [6, 6.07) is 8.44. The van der Waals surface area contributed by atoms with Gasteiger partial charge in [0.1, 0.15) is 27.8 Å². The van der Waals surface area contributed by atoms with Crippen LogP contribution in [0.1, 0.15) is 5.56 Å². The number of H-pyrrole nitrogens is 1. The summed E-state index contributed by atoms with van der Waals surface area (Å²) in [6.07, 6.45) is 1.60. The van der Waals surface area contributed by atoms with Crippen molar-refractivity contribution in [2.75, 3.05) is 0 Å². The van der Waals surface area contributed by atoms with Gasteiger partial charge in [0.2, 0.25) is 0 Å². The molecule has 0 aliphatic rings. The molecule has 2 rings (SSSR count). The first-order chi connectivity index (χ1) is 8.61. The number of pyridine rings is 1. The van der Waals surface area contributed by atoms with E-state index in [4.69, 9.17) is 45.4 Å². The fourth-order valence-electron chi connectivity index (χ4n) is 1.33. The Morgan fingerprint density at radius 1 is 1.22 bits per heavy atom. The predicted octanol–water partition coefficient (Wildman–Crippen LogP) is 4.71. The molecule has 0 fully saturated rings. The Morgan fingerprint density at radius 3 is 2.67 bits per heavy atom. The van der Waals surface area contributed by atoms with Crippen molar-refractivity contribution in [3.8, 4) is 17.6 Å². The van der Waals surface area contributed by atoms with Crippen molar-refractivity contribution in [2.45, 2.75) is 0 Å². The number of ether oxygens (including phenoxy) is 1.